The monoisotopic (exact) mass is 320 g/mol. The van der Waals surface area contributed by atoms with Gasteiger partial charge in [-0.05, 0) is 51.7 Å². The summed E-state index contributed by atoms with van der Waals surface area (Å²) < 4.78 is 25.1. The molecule has 22 heavy (non-hydrogen) atoms. The molecule has 0 unspecified atom stereocenters. The summed E-state index contributed by atoms with van der Waals surface area (Å²) in [5.41, 5.74) is 0.205. The number of hydrogen-bond donors (Lipinski definition) is 1. The molecule has 1 aliphatic carbocycles. The van der Waals surface area contributed by atoms with Crippen molar-refractivity contribution in [2.24, 2.45) is 0 Å². The molecule has 0 heterocycles. The fourth-order valence-electron chi connectivity index (χ4n) is 3.31. The van der Waals surface area contributed by atoms with Crippen LogP contribution in [0, 0.1) is 0 Å². The van der Waals surface area contributed by atoms with Crippen molar-refractivity contribution in [1.29, 1.82) is 0 Å². The highest BCUT2D eigenvalue weighted by atomic mass is 32.2. The van der Waals surface area contributed by atoms with Gasteiger partial charge in [-0.3, -0.25) is 0 Å². The van der Waals surface area contributed by atoms with Crippen molar-refractivity contribution >= 4 is 9.84 Å². The van der Waals surface area contributed by atoms with E-state index in [1.807, 2.05) is 13.8 Å². The largest absolute Gasteiger partial charge is 0.388 e. The minimum atomic E-state index is -3.61. The molecule has 1 aromatic carbocycles. The first-order chi connectivity index (χ1) is 10.1. The quantitative estimate of drug-likeness (QED) is 0.780. The minimum absolute atomic E-state index is 0.270. The van der Waals surface area contributed by atoms with Gasteiger partial charge in [-0.2, -0.15) is 0 Å². The van der Waals surface area contributed by atoms with Gasteiger partial charge in [0.1, 0.15) is 4.75 Å². The molecule has 120 valence electrons. The van der Waals surface area contributed by atoms with Crippen LogP contribution >= 0.6 is 0 Å². The molecule has 1 saturated carbocycles. The zero-order valence-electron chi connectivity index (χ0n) is 13.3. The summed E-state index contributed by atoms with van der Waals surface area (Å²) in [7, 11) is -3.61. The smallest absolute Gasteiger partial charge is 0.186 e. The lowest BCUT2D eigenvalue weighted by Gasteiger charge is -2.37. The van der Waals surface area contributed by atoms with Crippen molar-refractivity contribution in [3.63, 3.8) is 0 Å². The molecular weight excluding hydrogens is 296 g/mol. The van der Waals surface area contributed by atoms with Crippen LogP contribution in [0.15, 0.2) is 59.5 Å². The zero-order valence-corrected chi connectivity index (χ0v) is 14.1. The van der Waals surface area contributed by atoms with E-state index in [0.717, 1.165) is 11.1 Å². The van der Waals surface area contributed by atoms with Crippen LogP contribution in [0.1, 0.15) is 39.5 Å². The topological polar surface area (TPSA) is 54.4 Å². The van der Waals surface area contributed by atoms with Crippen LogP contribution in [-0.4, -0.2) is 23.9 Å². The zero-order chi connectivity index (χ0) is 16.6. The third-order valence-corrected chi connectivity index (χ3v) is 7.02. The van der Waals surface area contributed by atoms with E-state index in [9.17, 15) is 13.5 Å². The third kappa shape index (κ3) is 2.77. The second kappa shape index (κ2) is 5.67. The Morgan fingerprint density at radius 1 is 1.14 bits per heavy atom. The summed E-state index contributed by atoms with van der Waals surface area (Å²) in [6, 6.07) is 8.39. The van der Waals surface area contributed by atoms with Crippen LogP contribution in [0.4, 0.5) is 0 Å². The Morgan fingerprint density at radius 3 is 1.95 bits per heavy atom. The molecule has 0 aromatic heterocycles. The van der Waals surface area contributed by atoms with Gasteiger partial charge in [0.25, 0.3) is 0 Å². The first-order valence-corrected chi connectivity index (χ1v) is 8.94. The van der Waals surface area contributed by atoms with Gasteiger partial charge in [-0.1, -0.05) is 29.3 Å². The molecule has 0 atom stereocenters. The highest BCUT2D eigenvalue weighted by molar-refractivity contribution is 7.93. The molecule has 1 N–H and O–H groups in total. The fraction of sp³-hybridized carbons (Fsp3) is 0.444. The van der Waals surface area contributed by atoms with E-state index in [4.69, 9.17) is 0 Å². The van der Waals surface area contributed by atoms with Crippen LogP contribution in [0.25, 0.3) is 0 Å². The second-order valence-electron chi connectivity index (χ2n) is 6.61. The molecule has 0 amide bonds. The lowest BCUT2D eigenvalue weighted by atomic mass is 9.84. The molecule has 1 aliphatic rings. The van der Waals surface area contributed by atoms with Crippen LogP contribution in [0.2, 0.25) is 0 Å². The van der Waals surface area contributed by atoms with E-state index in [2.05, 4.69) is 13.2 Å². The van der Waals surface area contributed by atoms with Gasteiger partial charge >= 0.3 is 0 Å². The summed E-state index contributed by atoms with van der Waals surface area (Å²) >= 11 is 0. The molecule has 4 heteroatoms. The Kier molecular flexibility index (Phi) is 4.37. The van der Waals surface area contributed by atoms with Gasteiger partial charge in [-0.15, -0.1) is 13.2 Å². The highest BCUT2D eigenvalue weighted by Crippen LogP contribution is 2.57. The lowest BCUT2D eigenvalue weighted by molar-refractivity contribution is 0.0282. The Bertz CT molecular complexity index is 666. The maximum atomic E-state index is 13.1. The van der Waals surface area contributed by atoms with Crippen molar-refractivity contribution in [2.75, 3.05) is 0 Å². The second-order valence-corrected chi connectivity index (χ2v) is 8.87. The van der Waals surface area contributed by atoms with Gasteiger partial charge in [0.2, 0.25) is 0 Å². The Labute approximate surface area is 133 Å². The van der Waals surface area contributed by atoms with E-state index in [1.165, 1.54) is 0 Å². The van der Waals surface area contributed by atoms with Crippen LogP contribution in [-0.2, 0) is 9.84 Å². The first-order valence-electron chi connectivity index (χ1n) is 7.45. The molecular formula is C18H24O3S. The maximum Gasteiger partial charge on any atom is 0.186 e. The molecule has 0 spiro atoms. The molecule has 3 nitrogen and oxygen atoms in total. The summed E-state index contributed by atoms with van der Waals surface area (Å²) in [6.07, 6.45) is 1.49. The van der Waals surface area contributed by atoms with E-state index in [-0.39, 0.29) is 17.7 Å². The molecule has 0 radical (unpaired) electrons. The molecule has 0 saturated heterocycles. The normalized spacial score (nSPS) is 17.0. The summed E-state index contributed by atoms with van der Waals surface area (Å²) in [5.74, 6) is 0. The SMILES string of the molecule is C=C(C)CC(O)(CC(=C)C)C1(S(=O)(=O)c2ccccc2)CC1. The van der Waals surface area contributed by atoms with E-state index < -0.39 is 20.2 Å². The predicted octanol–water partition coefficient (Wildman–Crippen LogP) is 3.66. The van der Waals surface area contributed by atoms with Crippen molar-refractivity contribution < 1.29 is 13.5 Å². The van der Waals surface area contributed by atoms with Crippen LogP contribution in [0.3, 0.4) is 0 Å². The average Bonchev–Trinajstić information content (AvgIpc) is 3.19. The number of benzene rings is 1. The van der Waals surface area contributed by atoms with Gasteiger partial charge in [0, 0.05) is 0 Å². The van der Waals surface area contributed by atoms with Gasteiger partial charge in [0.05, 0.1) is 10.5 Å². The van der Waals surface area contributed by atoms with E-state index in [0.29, 0.717) is 12.8 Å². The van der Waals surface area contributed by atoms with Crippen LogP contribution < -0.4 is 0 Å². The van der Waals surface area contributed by atoms with Gasteiger partial charge < -0.3 is 5.11 Å². The minimum Gasteiger partial charge on any atom is -0.388 e. The predicted molar refractivity (Wildman–Crippen MR) is 89.4 cm³/mol. The number of sulfone groups is 1. The Hall–Kier alpha value is -1.39. The van der Waals surface area contributed by atoms with Crippen molar-refractivity contribution in [3.8, 4) is 0 Å². The summed E-state index contributed by atoms with van der Waals surface area (Å²) in [4.78, 5) is 0.273. The molecule has 1 fully saturated rings. The number of rotatable bonds is 7. The molecule has 1 aromatic rings. The first kappa shape index (κ1) is 17.0. The van der Waals surface area contributed by atoms with Crippen molar-refractivity contribution in [2.45, 2.75) is 54.8 Å². The number of hydrogen-bond acceptors (Lipinski definition) is 3. The Morgan fingerprint density at radius 2 is 1.59 bits per heavy atom. The standard InChI is InChI=1S/C18H24O3S/c1-14(2)12-17(19,13-15(3)4)18(10-11-18)22(20,21)16-8-6-5-7-9-16/h5-9,19H,1,3,10-13H2,2,4H3. The molecule has 0 aliphatic heterocycles. The average molecular weight is 320 g/mol. The summed E-state index contributed by atoms with van der Waals surface area (Å²) in [5, 5.41) is 11.2. The Balaban J connectivity index is 2.51. The van der Waals surface area contributed by atoms with E-state index >= 15 is 0 Å². The lowest BCUT2D eigenvalue weighted by Crippen LogP contribution is -2.49. The highest BCUT2D eigenvalue weighted by Gasteiger charge is 2.66. The molecule has 0 bridgehead atoms. The fourth-order valence-corrected chi connectivity index (χ4v) is 5.56. The van der Waals surface area contributed by atoms with E-state index in [1.54, 1.807) is 30.3 Å². The molecule has 2 rings (SSSR count). The van der Waals surface area contributed by atoms with Crippen molar-refractivity contribution in [1.82, 2.24) is 0 Å². The van der Waals surface area contributed by atoms with Gasteiger partial charge in [0.15, 0.2) is 9.84 Å². The maximum absolute atomic E-state index is 13.1. The third-order valence-electron chi connectivity index (χ3n) is 4.31. The van der Waals surface area contributed by atoms with Crippen LogP contribution in [0.5, 0.6) is 0 Å². The number of aliphatic hydroxyl groups is 1. The summed E-state index contributed by atoms with van der Waals surface area (Å²) in [6.45, 7) is 11.3. The van der Waals surface area contributed by atoms with Gasteiger partial charge in [-0.25, -0.2) is 8.42 Å². The van der Waals surface area contributed by atoms with Crippen molar-refractivity contribution in [3.05, 3.63) is 54.6 Å².